The molecule has 1 spiro atoms. The first-order valence-electron chi connectivity index (χ1n) is 15.4. The number of amides is 1. The molecule has 4 aliphatic heterocycles. The predicted molar refractivity (Wildman–Crippen MR) is 170 cm³/mol. The summed E-state index contributed by atoms with van der Waals surface area (Å²) in [6.45, 7) is 11.8. The van der Waals surface area contributed by atoms with Crippen LogP contribution >= 0.6 is 0 Å². The number of rotatable bonds is 13. The Hall–Kier alpha value is -3.74. The molecule has 2 aromatic rings. The van der Waals surface area contributed by atoms with E-state index in [4.69, 9.17) is 9.78 Å². The minimum Gasteiger partial charge on any atom is -0.481 e. The fraction of sp³-hybridized carbons (Fsp3) is 0.485. The molecular weight excluding hydrogens is 596 g/mol. The quantitative estimate of drug-likeness (QED) is 0.0842. The molecule has 4 atom stereocenters. The molecule has 6 heterocycles. The van der Waals surface area contributed by atoms with Crippen LogP contribution < -0.4 is 10.6 Å². The van der Waals surface area contributed by atoms with Gasteiger partial charge >= 0.3 is 17.8 Å². The van der Waals surface area contributed by atoms with E-state index in [0.717, 1.165) is 62.1 Å². The maximum atomic E-state index is 12.4. The molecule has 6 rings (SSSR count). The van der Waals surface area contributed by atoms with Crippen molar-refractivity contribution in [2.45, 2.75) is 83.4 Å². The van der Waals surface area contributed by atoms with Crippen LogP contribution in [-0.4, -0.2) is 61.0 Å². The van der Waals surface area contributed by atoms with Crippen LogP contribution in [0, 0.1) is 25.7 Å². The standard InChI is InChI=1S/C33H40N4O7S/c1-6-19-15(2)24(36-32(19)42)11-22-16(3)20(7-9-29(38)39)25(34-22)13-26-21(8-10-30(40)41)17(4)23(35-26)12-27-31(28-14-45-28)18(5)33(37-27)43-44-33/h6,12,18,24,28,31,34-35,37H,1,7-11,13-14H2,2-5H3,(H,36,42)(H,38,39)(H,40,41)/p+1/b27-12-/t18-,24-,28-,31-/m1/s1. The number of carboxylic acids is 2. The van der Waals surface area contributed by atoms with Gasteiger partial charge in [0.05, 0.1) is 12.0 Å². The highest BCUT2D eigenvalue weighted by molar-refractivity contribution is 7.86. The average Bonchev–Trinajstić information content (AvgIpc) is 3.87. The summed E-state index contributed by atoms with van der Waals surface area (Å²) in [6.07, 6.45) is 5.36. The van der Waals surface area contributed by atoms with E-state index in [9.17, 15) is 24.6 Å². The third-order valence-electron chi connectivity index (χ3n) is 9.91. The third kappa shape index (κ3) is 5.98. The number of aromatic nitrogens is 2. The number of nitrogens with one attached hydrogen (secondary N) is 4. The van der Waals surface area contributed by atoms with Gasteiger partial charge < -0.3 is 30.8 Å². The van der Waals surface area contributed by atoms with Crippen molar-refractivity contribution in [1.29, 1.82) is 0 Å². The molecule has 0 bridgehead atoms. The summed E-state index contributed by atoms with van der Waals surface area (Å²) in [5.74, 6) is -1.08. The van der Waals surface area contributed by atoms with Crippen LogP contribution in [0.4, 0.5) is 0 Å². The molecule has 4 aliphatic rings. The SMILES string of the molecule is C=CC1=C(C)[C@@H](Cc2[nH]c(Cc3[nH]c(/C=C4\NC5(OO5)[C@H](C)[C@H]4[C@H]4C[SH+]4)c(C)c3CCC(=O)O)c(CCC(=O)O)c2C)NC1=O. The van der Waals surface area contributed by atoms with Gasteiger partial charge in [-0.15, -0.1) is 0 Å². The van der Waals surface area contributed by atoms with Crippen LogP contribution in [0.2, 0.25) is 0 Å². The molecule has 12 heteroatoms. The first kappa shape index (κ1) is 31.3. The zero-order valence-electron chi connectivity index (χ0n) is 26.0. The lowest BCUT2D eigenvalue weighted by molar-refractivity contribution is -0.138. The number of carbonyl (C=O) groups is 3. The van der Waals surface area contributed by atoms with E-state index in [0.29, 0.717) is 36.5 Å². The zero-order chi connectivity index (χ0) is 32.2. The molecule has 0 unspecified atom stereocenters. The third-order valence-corrected chi connectivity index (χ3v) is 11.0. The normalized spacial score (nSPS) is 25.6. The predicted octanol–water partition coefficient (Wildman–Crippen LogP) is 3.14. The Kier molecular flexibility index (Phi) is 8.25. The van der Waals surface area contributed by atoms with E-state index >= 15 is 0 Å². The number of aliphatic carboxylic acids is 2. The summed E-state index contributed by atoms with van der Waals surface area (Å²) < 4.78 is 0. The van der Waals surface area contributed by atoms with Crippen LogP contribution in [0.5, 0.6) is 0 Å². The maximum absolute atomic E-state index is 12.4. The van der Waals surface area contributed by atoms with Crippen LogP contribution in [0.1, 0.15) is 71.7 Å². The molecule has 0 saturated carbocycles. The lowest BCUT2D eigenvalue weighted by atomic mass is 9.90. The van der Waals surface area contributed by atoms with E-state index < -0.39 is 17.8 Å². The van der Waals surface area contributed by atoms with Gasteiger partial charge in [0.1, 0.15) is 0 Å². The monoisotopic (exact) mass is 637 g/mol. The summed E-state index contributed by atoms with van der Waals surface area (Å²) in [7, 11) is 0. The van der Waals surface area contributed by atoms with Crippen LogP contribution in [0.25, 0.3) is 6.08 Å². The Morgan fingerprint density at radius 3 is 2.20 bits per heavy atom. The van der Waals surface area contributed by atoms with Crippen molar-refractivity contribution in [3.63, 3.8) is 0 Å². The zero-order valence-corrected chi connectivity index (χ0v) is 26.9. The molecule has 6 N–H and O–H groups in total. The van der Waals surface area contributed by atoms with Crippen molar-refractivity contribution in [2.75, 3.05) is 5.75 Å². The first-order valence-corrected chi connectivity index (χ1v) is 16.6. The Morgan fingerprint density at radius 2 is 1.64 bits per heavy atom. The molecule has 0 aliphatic carbocycles. The van der Waals surface area contributed by atoms with Crippen molar-refractivity contribution in [3.8, 4) is 0 Å². The van der Waals surface area contributed by atoms with Gasteiger partial charge in [-0.25, -0.2) is 0 Å². The molecule has 0 aromatic carbocycles. The van der Waals surface area contributed by atoms with Gasteiger partial charge in [0.2, 0.25) is 0 Å². The van der Waals surface area contributed by atoms with Crippen LogP contribution in [-0.2, 0) is 61.6 Å². The Bertz CT molecular complexity index is 1640. The molecule has 45 heavy (non-hydrogen) atoms. The van der Waals surface area contributed by atoms with Crippen LogP contribution in [0.3, 0.4) is 0 Å². The van der Waals surface area contributed by atoms with Crippen LogP contribution in [0.15, 0.2) is 29.5 Å². The number of carbonyl (C=O) groups excluding carboxylic acids is 1. The van der Waals surface area contributed by atoms with E-state index in [2.05, 4.69) is 40.2 Å². The summed E-state index contributed by atoms with van der Waals surface area (Å²) in [4.78, 5) is 53.6. The molecule has 3 fully saturated rings. The summed E-state index contributed by atoms with van der Waals surface area (Å²) in [5, 5.41) is 26.1. The van der Waals surface area contributed by atoms with E-state index in [1.165, 1.54) is 11.8 Å². The number of hydrogen-bond acceptors (Lipinski definition) is 6. The Morgan fingerprint density at radius 1 is 1.02 bits per heavy atom. The van der Waals surface area contributed by atoms with Crippen molar-refractivity contribution in [2.24, 2.45) is 11.8 Å². The summed E-state index contributed by atoms with van der Waals surface area (Å²) >= 11 is 1.42. The number of H-pyrrole nitrogens is 2. The van der Waals surface area contributed by atoms with Gasteiger partial charge in [-0.05, 0) is 79.3 Å². The largest absolute Gasteiger partial charge is 0.481 e. The van der Waals surface area contributed by atoms with Crippen molar-refractivity contribution in [3.05, 3.63) is 74.5 Å². The average molecular weight is 638 g/mol. The smallest absolute Gasteiger partial charge is 0.311 e. The second-order valence-corrected chi connectivity index (χ2v) is 14.0. The number of thiol groups is 1. The minimum atomic E-state index is -0.878. The topological polar surface area (TPSA) is 172 Å². The molecule has 2 aromatic heterocycles. The van der Waals surface area contributed by atoms with Crippen molar-refractivity contribution >= 4 is 35.7 Å². The Labute approximate surface area is 265 Å². The lowest BCUT2D eigenvalue weighted by Gasteiger charge is -2.12. The second-order valence-electron chi connectivity index (χ2n) is 12.6. The highest BCUT2D eigenvalue weighted by Gasteiger charge is 2.67. The van der Waals surface area contributed by atoms with E-state index in [1.807, 2.05) is 20.8 Å². The fourth-order valence-electron chi connectivity index (χ4n) is 7.08. The summed E-state index contributed by atoms with van der Waals surface area (Å²) in [5.41, 5.74) is 10.0. The van der Waals surface area contributed by atoms with Gasteiger partial charge in [0.25, 0.3) is 5.91 Å². The maximum Gasteiger partial charge on any atom is 0.311 e. The van der Waals surface area contributed by atoms with E-state index in [1.54, 1.807) is 6.08 Å². The van der Waals surface area contributed by atoms with E-state index in [-0.39, 0.29) is 36.6 Å². The minimum absolute atomic E-state index is 0.00907. The lowest BCUT2D eigenvalue weighted by Crippen LogP contribution is -2.30. The Balaban J connectivity index is 1.35. The van der Waals surface area contributed by atoms with Gasteiger partial charge in [-0.3, -0.25) is 14.4 Å². The number of carboxylic acid groups (broad SMARTS) is 2. The number of aromatic amines is 2. The second kappa shape index (κ2) is 11.9. The van der Waals surface area contributed by atoms with Gasteiger partial charge in [0.15, 0.2) is 11.0 Å². The van der Waals surface area contributed by atoms with Gasteiger partial charge in [-0.2, -0.15) is 9.78 Å². The van der Waals surface area contributed by atoms with Crippen molar-refractivity contribution in [1.82, 2.24) is 20.6 Å². The van der Waals surface area contributed by atoms with Crippen molar-refractivity contribution < 1.29 is 34.4 Å². The number of hydrogen-bond donors (Lipinski definition) is 6. The van der Waals surface area contributed by atoms with Gasteiger partial charge in [0, 0.05) is 65.6 Å². The fourth-order valence-corrected chi connectivity index (χ4v) is 8.07. The highest BCUT2D eigenvalue weighted by Crippen LogP contribution is 2.51. The molecule has 0 radical (unpaired) electrons. The molecule has 240 valence electrons. The molecular formula is C33H41N4O7S+. The molecule has 3 saturated heterocycles. The highest BCUT2D eigenvalue weighted by atomic mass is 32.2. The summed E-state index contributed by atoms with van der Waals surface area (Å²) in [6, 6.07) is -0.192. The van der Waals surface area contributed by atoms with Gasteiger partial charge in [-0.1, -0.05) is 19.6 Å². The molecule has 11 nitrogen and oxygen atoms in total. The first-order chi connectivity index (χ1) is 21.4. The number of allylic oxidation sites excluding steroid dienone is 1. The molecule has 1 amide bonds.